The highest BCUT2D eigenvalue weighted by Crippen LogP contribution is 2.21. The van der Waals surface area contributed by atoms with Crippen LogP contribution in [0.25, 0.3) is 0 Å². The highest BCUT2D eigenvalue weighted by atomic mass is 35.5. The van der Waals surface area contributed by atoms with E-state index in [0.717, 1.165) is 18.4 Å². The Hall–Kier alpha value is -0.530. The van der Waals surface area contributed by atoms with E-state index in [1.54, 1.807) is 12.1 Å². The van der Waals surface area contributed by atoms with Gasteiger partial charge in [0.05, 0.1) is 0 Å². The lowest BCUT2D eigenvalue weighted by Crippen LogP contribution is -2.02. The van der Waals surface area contributed by atoms with Crippen LogP contribution in [-0.4, -0.2) is 5.78 Å². The molecular formula is C12H14Cl2O. The van der Waals surface area contributed by atoms with E-state index in [1.165, 1.54) is 0 Å². The highest BCUT2D eigenvalue weighted by Gasteiger charge is 2.06. The van der Waals surface area contributed by atoms with Gasteiger partial charge >= 0.3 is 0 Å². The van der Waals surface area contributed by atoms with Crippen molar-refractivity contribution in [2.75, 3.05) is 0 Å². The van der Waals surface area contributed by atoms with Gasteiger partial charge in [0.1, 0.15) is 5.78 Å². The smallest absolute Gasteiger partial charge is 0.137 e. The minimum absolute atomic E-state index is 0.237. The summed E-state index contributed by atoms with van der Waals surface area (Å²) in [6, 6.07) is 5.25. The molecule has 1 aromatic carbocycles. The van der Waals surface area contributed by atoms with E-state index in [4.69, 9.17) is 23.2 Å². The topological polar surface area (TPSA) is 17.1 Å². The Morgan fingerprint density at radius 3 is 2.67 bits per heavy atom. The van der Waals surface area contributed by atoms with E-state index >= 15 is 0 Å². The minimum Gasteiger partial charge on any atom is -0.299 e. The zero-order chi connectivity index (χ0) is 11.3. The second kappa shape index (κ2) is 6.14. The summed E-state index contributed by atoms with van der Waals surface area (Å²) < 4.78 is 0. The molecule has 0 aliphatic heterocycles. The molecule has 0 heterocycles. The molecule has 0 spiro atoms. The first-order valence-electron chi connectivity index (χ1n) is 5.09. The van der Waals surface area contributed by atoms with Gasteiger partial charge in [-0.3, -0.25) is 4.79 Å². The normalized spacial score (nSPS) is 10.3. The monoisotopic (exact) mass is 244 g/mol. The van der Waals surface area contributed by atoms with Crippen molar-refractivity contribution >= 4 is 29.0 Å². The lowest BCUT2D eigenvalue weighted by atomic mass is 10.1. The molecule has 0 atom stereocenters. The number of unbranched alkanes of at least 4 members (excludes halogenated alkanes) is 1. The first-order chi connectivity index (χ1) is 7.13. The lowest BCUT2D eigenvalue weighted by Gasteiger charge is -2.03. The Kier molecular flexibility index (Phi) is 5.13. The molecule has 0 radical (unpaired) electrons. The molecule has 0 aliphatic carbocycles. The van der Waals surface area contributed by atoms with Crippen LogP contribution >= 0.6 is 23.2 Å². The van der Waals surface area contributed by atoms with Gasteiger partial charge in [0.2, 0.25) is 0 Å². The molecular weight excluding hydrogens is 231 g/mol. The Morgan fingerprint density at radius 2 is 2.07 bits per heavy atom. The van der Waals surface area contributed by atoms with E-state index in [2.05, 4.69) is 6.92 Å². The van der Waals surface area contributed by atoms with Crippen molar-refractivity contribution in [3.05, 3.63) is 33.8 Å². The number of ketones is 1. The van der Waals surface area contributed by atoms with Gasteiger partial charge < -0.3 is 0 Å². The molecule has 0 amide bonds. The molecule has 1 nitrogen and oxygen atoms in total. The molecule has 3 heteroatoms. The molecule has 82 valence electrons. The van der Waals surface area contributed by atoms with Gasteiger partial charge in [0, 0.05) is 22.9 Å². The van der Waals surface area contributed by atoms with Crippen molar-refractivity contribution in [3.8, 4) is 0 Å². The van der Waals surface area contributed by atoms with Crippen molar-refractivity contribution < 1.29 is 4.79 Å². The summed E-state index contributed by atoms with van der Waals surface area (Å²) in [5, 5.41) is 1.18. The summed E-state index contributed by atoms with van der Waals surface area (Å²) in [7, 11) is 0. The van der Waals surface area contributed by atoms with Gasteiger partial charge in [-0.1, -0.05) is 42.6 Å². The van der Waals surface area contributed by atoms with Gasteiger partial charge in [-0.15, -0.1) is 0 Å². The van der Waals surface area contributed by atoms with Crippen LogP contribution in [0.1, 0.15) is 31.7 Å². The molecule has 0 aliphatic rings. The maximum absolute atomic E-state index is 11.5. The van der Waals surface area contributed by atoms with E-state index in [1.807, 2.05) is 6.07 Å². The average Bonchev–Trinajstić information content (AvgIpc) is 2.19. The van der Waals surface area contributed by atoms with Gasteiger partial charge in [-0.2, -0.15) is 0 Å². The van der Waals surface area contributed by atoms with Gasteiger partial charge in [0.25, 0.3) is 0 Å². The summed E-state index contributed by atoms with van der Waals surface area (Å²) in [4.78, 5) is 11.5. The predicted octanol–water partition coefficient (Wildman–Crippen LogP) is 4.30. The van der Waals surface area contributed by atoms with Crippen molar-refractivity contribution in [2.24, 2.45) is 0 Å². The molecule has 0 fully saturated rings. The fraction of sp³-hybridized carbons (Fsp3) is 0.417. The van der Waals surface area contributed by atoms with Crippen LogP contribution in [0.15, 0.2) is 18.2 Å². The van der Waals surface area contributed by atoms with Crippen molar-refractivity contribution in [1.82, 2.24) is 0 Å². The standard InChI is InChI=1S/C12H14Cl2O/c1-2-3-4-11(15)7-9-5-6-10(13)8-12(9)14/h5-6,8H,2-4,7H2,1H3. The summed E-state index contributed by atoms with van der Waals surface area (Å²) in [5.74, 6) is 0.237. The summed E-state index contributed by atoms with van der Waals surface area (Å²) in [5.41, 5.74) is 0.863. The zero-order valence-electron chi connectivity index (χ0n) is 8.72. The summed E-state index contributed by atoms with van der Waals surface area (Å²) >= 11 is 11.7. The second-order valence-corrected chi connectivity index (χ2v) is 4.40. The van der Waals surface area contributed by atoms with E-state index in [-0.39, 0.29) is 5.78 Å². The molecule has 0 aromatic heterocycles. The number of benzene rings is 1. The van der Waals surface area contributed by atoms with Gasteiger partial charge in [-0.05, 0) is 24.1 Å². The molecule has 0 saturated carbocycles. The Morgan fingerprint density at radius 1 is 1.33 bits per heavy atom. The van der Waals surface area contributed by atoms with Crippen LogP contribution in [0, 0.1) is 0 Å². The highest BCUT2D eigenvalue weighted by molar-refractivity contribution is 6.35. The number of rotatable bonds is 5. The first-order valence-corrected chi connectivity index (χ1v) is 5.84. The fourth-order valence-corrected chi connectivity index (χ4v) is 1.82. The largest absolute Gasteiger partial charge is 0.299 e. The molecule has 1 rings (SSSR count). The minimum atomic E-state index is 0.237. The van der Waals surface area contributed by atoms with Crippen LogP contribution in [-0.2, 0) is 11.2 Å². The van der Waals surface area contributed by atoms with Crippen LogP contribution < -0.4 is 0 Å². The van der Waals surface area contributed by atoms with Crippen LogP contribution in [0.3, 0.4) is 0 Å². The third kappa shape index (κ3) is 4.23. The van der Waals surface area contributed by atoms with Crippen molar-refractivity contribution in [1.29, 1.82) is 0 Å². The number of halogens is 2. The lowest BCUT2D eigenvalue weighted by molar-refractivity contribution is -0.118. The van der Waals surface area contributed by atoms with E-state index < -0.39 is 0 Å². The van der Waals surface area contributed by atoms with Gasteiger partial charge in [0.15, 0.2) is 0 Å². The van der Waals surface area contributed by atoms with Crippen molar-refractivity contribution in [3.63, 3.8) is 0 Å². The quantitative estimate of drug-likeness (QED) is 0.756. The molecule has 0 saturated heterocycles. The Bertz CT molecular complexity index is 347. The number of carbonyl (C=O) groups excluding carboxylic acids is 1. The zero-order valence-corrected chi connectivity index (χ0v) is 10.2. The summed E-state index contributed by atoms with van der Waals surface area (Å²) in [6.07, 6.45) is 3.04. The third-order valence-electron chi connectivity index (χ3n) is 2.21. The number of hydrogen-bond donors (Lipinski definition) is 0. The van der Waals surface area contributed by atoms with Crippen LogP contribution in [0.2, 0.25) is 10.0 Å². The van der Waals surface area contributed by atoms with E-state index in [9.17, 15) is 4.79 Å². The maximum atomic E-state index is 11.5. The predicted molar refractivity (Wildman–Crippen MR) is 64.7 cm³/mol. The Balaban J connectivity index is 2.60. The number of carbonyl (C=O) groups is 1. The van der Waals surface area contributed by atoms with Crippen molar-refractivity contribution in [2.45, 2.75) is 32.6 Å². The molecule has 1 aromatic rings. The molecule has 0 unspecified atom stereocenters. The molecule has 0 bridgehead atoms. The number of Topliss-reactive ketones (excluding diaryl/α,β-unsaturated/α-hetero) is 1. The molecule has 0 N–H and O–H groups in total. The SMILES string of the molecule is CCCCC(=O)Cc1ccc(Cl)cc1Cl. The molecule has 15 heavy (non-hydrogen) atoms. The Labute approximate surface area is 100 Å². The van der Waals surface area contributed by atoms with Crippen LogP contribution in [0.5, 0.6) is 0 Å². The average molecular weight is 245 g/mol. The fourth-order valence-electron chi connectivity index (χ4n) is 1.34. The first kappa shape index (κ1) is 12.5. The van der Waals surface area contributed by atoms with Gasteiger partial charge in [-0.25, -0.2) is 0 Å². The van der Waals surface area contributed by atoms with Crippen LogP contribution in [0.4, 0.5) is 0 Å². The second-order valence-electron chi connectivity index (χ2n) is 3.55. The number of hydrogen-bond acceptors (Lipinski definition) is 1. The third-order valence-corrected chi connectivity index (χ3v) is 2.80. The summed E-state index contributed by atoms with van der Waals surface area (Å²) in [6.45, 7) is 2.07. The maximum Gasteiger partial charge on any atom is 0.137 e. The van der Waals surface area contributed by atoms with E-state index in [0.29, 0.717) is 22.9 Å².